The summed E-state index contributed by atoms with van der Waals surface area (Å²) in [5.41, 5.74) is 3.57. The maximum Gasteiger partial charge on any atom is 0.161 e. The van der Waals surface area contributed by atoms with E-state index >= 15 is 0 Å². The van der Waals surface area contributed by atoms with Crippen molar-refractivity contribution in [2.45, 2.75) is 25.0 Å². The second-order valence-electron chi connectivity index (χ2n) is 7.78. The van der Waals surface area contributed by atoms with Gasteiger partial charge in [-0.05, 0) is 59.4 Å². The second kappa shape index (κ2) is 8.20. The number of aliphatic hydroxyl groups is 1. The minimum absolute atomic E-state index is 0.562. The summed E-state index contributed by atoms with van der Waals surface area (Å²) in [6.07, 6.45) is 2.34. The minimum atomic E-state index is -0.803. The third kappa shape index (κ3) is 3.50. The lowest BCUT2D eigenvalue weighted by Crippen LogP contribution is -2.47. The molecule has 1 saturated heterocycles. The fraction of sp³-hybridized carbons (Fsp3) is 0.417. The average molecular weight is 411 g/mol. The van der Waals surface area contributed by atoms with Gasteiger partial charge in [-0.3, -0.25) is 4.90 Å². The Labute approximate surface area is 177 Å². The third-order valence-electron chi connectivity index (χ3n) is 6.23. The van der Waals surface area contributed by atoms with Crippen LogP contribution in [-0.4, -0.2) is 57.3 Å². The highest BCUT2D eigenvalue weighted by molar-refractivity contribution is 5.94. The topological polar surface area (TPSA) is 60.4 Å². The smallest absolute Gasteiger partial charge is 0.161 e. The quantitative estimate of drug-likeness (QED) is 0.780. The maximum absolute atomic E-state index is 11.3. The molecule has 0 saturated carbocycles. The van der Waals surface area contributed by atoms with Crippen molar-refractivity contribution in [1.29, 1.82) is 0 Å². The summed E-state index contributed by atoms with van der Waals surface area (Å²) in [5, 5.41) is 11.3. The van der Waals surface area contributed by atoms with Crippen molar-refractivity contribution < 1.29 is 24.1 Å². The van der Waals surface area contributed by atoms with E-state index in [1.165, 1.54) is 5.57 Å². The zero-order valence-electron chi connectivity index (χ0n) is 18.0. The van der Waals surface area contributed by atoms with Gasteiger partial charge in [0.1, 0.15) is 5.72 Å². The molecular formula is C24H29NO5. The second-order valence-corrected chi connectivity index (χ2v) is 7.78. The van der Waals surface area contributed by atoms with E-state index in [4.69, 9.17) is 18.9 Å². The molecule has 4 rings (SSSR count). The van der Waals surface area contributed by atoms with Crippen molar-refractivity contribution in [3.05, 3.63) is 47.5 Å². The van der Waals surface area contributed by atoms with Crippen LogP contribution in [0.5, 0.6) is 23.0 Å². The predicted molar refractivity (Wildman–Crippen MR) is 116 cm³/mol. The predicted octanol–water partition coefficient (Wildman–Crippen LogP) is 3.82. The van der Waals surface area contributed by atoms with Crippen LogP contribution in [0.3, 0.4) is 0 Å². The molecular weight excluding hydrogens is 382 g/mol. The largest absolute Gasteiger partial charge is 0.493 e. The highest BCUT2D eigenvalue weighted by Crippen LogP contribution is 2.46. The summed E-state index contributed by atoms with van der Waals surface area (Å²) in [4.78, 5) is 2.18. The number of hydrogen-bond acceptors (Lipinski definition) is 6. The van der Waals surface area contributed by atoms with E-state index in [1.807, 2.05) is 30.3 Å². The lowest BCUT2D eigenvalue weighted by molar-refractivity contribution is -0.0723. The number of rotatable bonds is 6. The Bertz CT molecular complexity index is 970. The first kappa shape index (κ1) is 20.6. The molecule has 1 N–H and O–H groups in total. The van der Waals surface area contributed by atoms with E-state index in [2.05, 4.69) is 11.0 Å². The number of ether oxygens (including phenoxy) is 4. The maximum atomic E-state index is 11.3. The van der Waals surface area contributed by atoms with Gasteiger partial charge in [-0.15, -0.1) is 0 Å². The van der Waals surface area contributed by atoms with Crippen LogP contribution in [0, 0.1) is 0 Å². The van der Waals surface area contributed by atoms with Gasteiger partial charge in [-0.2, -0.15) is 0 Å². The molecule has 2 heterocycles. The van der Waals surface area contributed by atoms with E-state index in [0.717, 1.165) is 36.1 Å². The molecule has 0 spiro atoms. The number of fused-ring (bicyclic) bond motifs is 1. The van der Waals surface area contributed by atoms with Crippen molar-refractivity contribution in [3.63, 3.8) is 0 Å². The highest BCUT2D eigenvalue weighted by atomic mass is 16.5. The Morgan fingerprint density at radius 2 is 1.30 bits per heavy atom. The van der Waals surface area contributed by atoms with Gasteiger partial charge in [0.2, 0.25) is 0 Å². The Morgan fingerprint density at radius 3 is 1.83 bits per heavy atom. The fourth-order valence-corrected chi connectivity index (χ4v) is 4.61. The van der Waals surface area contributed by atoms with Crippen molar-refractivity contribution >= 4 is 11.1 Å². The summed E-state index contributed by atoms with van der Waals surface area (Å²) >= 11 is 0. The Morgan fingerprint density at radius 1 is 0.767 bits per heavy atom. The number of benzene rings is 2. The molecule has 0 aliphatic carbocycles. The summed E-state index contributed by atoms with van der Waals surface area (Å²) in [6.45, 7) is 1.57. The Balaban J connectivity index is 1.87. The summed E-state index contributed by atoms with van der Waals surface area (Å²) in [7, 11) is 6.55. The molecule has 160 valence electrons. The third-order valence-corrected chi connectivity index (χ3v) is 6.23. The fourth-order valence-electron chi connectivity index (χ4n) is 4.61. The van der Waals surface area contributed by atoms with Crippen molar-refractivity contribution in [2.24, 2.45) is 0 Å². The average Bonchev–Trinajstić information content (AvgIpc) is 3.17. The minimum Gasteiger partial charge on any atom is -0.493 e. The van der Waals surface area contributed by atoms with Crippen LogP contribution in [0.2, 0.25) is 0 Å². The summed E-state index contributed by atoms with van der Waals surface area (Å²) in [5.74, 6) is 2.75. The van der Waals surface area contributed by atoms with Crippen LogP contribution in [0.1, 0.15) is 30.4 Å². The molecule has 0 aromatic heterocycles. The molecule has 30 heavy (non-hydrogen) atoms. The molecule has 2 aliphatic rings. The van der Waals surface area contributed by atoms with Crippen LogP contribution >= 0.6 is 0 Å². The molecule has 1 fully saturated rings. The van der Waals surface area contributed by atoms with Gasteiger partial charge in [-0.25, -0.2) is 0 Å². The van der Waals surface area contributed by atoms with E-state index in [9.17, 15) is 5.11 Å². The van der Waals surface area contributed by atoms with Crippen LogP contribution in [-0.2, 0) is 0 Å². The van der Waals surface area contributed by atoms with Gasteiger partial charge in [-0.1, -0.05) is 12.1 Å². The standard InChI is InChI=1S/C24H29NO5/c1-27-20-8-6-16(12-22(20)29-3)18-14-24(26)10-5-11-25(24)15-19(18)17-7-9-21(28-2)23(13-17)30-4/h6-9,12-13,26H,5,10-11,14-15H2,1-4H3/t24-/m0/s1. The molecule has 6 nitrogen and oxygen atoms in total. The van der Waals surface area contributed by atoms with Gasteiger partial charge >= 0.3 is 0 Å². The molecule has 2 aromatic rings. The molecule has 0 unspecified atom stereocenters. The Hall–Kier alpha value is -2.70. The van der Waals surface area contributed by atoms with E-state index < -0.39 is 5.72 Å². The van der Waals surface area contributed by atoms with Crippen LogP contribution in [0.4, 0.5) is 0 Å². The van der Waals surface area contributed by atoms with Crippen LogP contribution in [0.25, 0.3) is 11.1 Å². The normalized spacial score (nSPS) is 21.4. The number of nitrogens with zero attached hydrogens (tertiary/aromatic N) is 1. The molecule has 6 heteroatoms. The van der Waals surface area contributed by atoms with Crippen molar-refractivity contribution in [1.82, 2.24) is 4.90 Å². The van der Waals surface area contributed by atoms with Crippen molar-refractivity contribution in [3.8, 4) is 23.0 Å². The SMILES string of the molecule is COc1ccc(C2=C(c3ccc(OC)c(OC)c3)C[C@@]3(O)CCCN3C2)cc1OC. The van der Waals surface area contributed by atoms with Crippen LogP contribution < -0.4 is 18.9 Å². The Kier molecular flexibility index (Phi) is 5.62. The first-order valence-electron chi connectivity index (χ1n) is 10.2. The zero-order valence-corrected chi connectivity index (χ0v) is 18.0. The lowest BCUT2D eigenvalue weighted by atomic mass is 9.84. The van der Waals surface area contributed by atoms with Gasteiger partial charge in [0.05, 0.1) is 28.4 Å². The monoisotopic (exact) mass is 411 g/mol. The van der Waals surface area contributed by atoms with E-state index in [0.29, 0.717) is 36.0 Å². The van der Waals surface area contributed by atoms with Gasteiger partial charge in [0.25, 0.3) is 0 Å². The zero-order chi connectivity index (χ0) is 21.3. The molecule has 2 aromatic carbocycles. The van der Waals surface area contributed by atoms with E-state index in [-0.39, 0.29) is 0 Å². The first-order chi connectivity index (χ1) is 14.5. The van der Waals surface area contributed by atoms with Crippen LogP contribution in [0.15, 0.2) is 36.4 Å². The van der Waals surface area contributed by atoms with Gasteiger partial charge < -0.3 is 24.1 Å². The van der Waals surface area contributed by atoms with E-state index in [1.54, 1.807) is 28.4 Å². The van der Waals surface area contributed by atoms with Gasteiger partial charge in [0, 0.05) is 19.5 Å². The summed E-state index contributed by atoms with van der Waals surface area (Å²) in [6, 6.07) is 11.9. The number of hydrogen-bond donors (Lipinski definition) is 1. The molecule has 1 atom stereocenters. The lowest BCUT2D eigenvalue weighted by Gasteiger charge is -2.40. The summed E-state index contributed by atoms with van der Waals surface area (Å²) < 4.78 is 21.9. The highest BCUT2D eigenvalue weighted by Gasteiger charge is 2.43. The molecule has 0 amide bonds. The number of methoxy groups -OCH3 is 4. The van der Waals surface area contributed by atoms with Gasteiger partial charge in [0.15, 0.2) is 23.0 Å². The first-order valence-corrected chi connectivity index (χ1v) is 10.2. The molecule has 2 aliphatic heterocycles. The van der Waals surface area contributed by atoms with Crippen molar-refractivity contribution in [2.75, 3.05) is 41.5 Å². The molecule has 0 bridgehead atoms. The molecule has 0 radical (unpaired) electrons.